The molecule has 0 N–H and O–H groups in total. The van der Waals surface area contributed by atoms with Crippen molar-refractivity contribution in [2.24, 2.45) is 0 Å². The molecule has 1 aromatic rings. The van der Waals surface area contributed by atoms with Crippen LogP contribution in [0.25, 0.3) is 0 Å². The van der Waals surface area contributed by atoms with Gasteiger partial charge in [-0.2, -0.15) is 0 Å². The van der Waals surface area contributed by atoms with Crippen LogP contribution < -0.4 is 0 Å². The molecule has 118 valence electrons. The Hall–Kier alpha value is -1.78. The Morgan fingerprint density at radius 3 is 2.50 bits per heavy atom. The first-order chi connectivity index (χ1) is 10.7. The number of hydrogen-bond donors (Lipinski definition) is 0. The second-order valence-corrected chi connectivity index (χ2v) is 6.76. The number of methoxy groups -OCH3 is 1. The maximum absolute atomic E-state index is 13.2. The molecule has 5 heteroatoms. The highest BCUT2D eigenvalue weighted by Crippen LogP contribution is 2.47. The number of carbonyl (C=O) groups excluding carboxylic acids is 2. The Labute approximate surface area is 129 Å². The van der Waals surface area contributed by atoms with Gasteiger partial charge in [0.1, 0.15) is 11.3 Å². The van der Waals surface area contributed by atoms with Gasteiger partial charge in [0.2, 0.25) is 0 Å². The summed E-state index contributed by atoms with van der Waals surface area (Å²) in [5.74, 6) is 0.860. The third-order valence-corrected chi connectivity index (χ3v) is 5.21. The summed E-state index contributed by atoms with van der Waals surface area (Å²) in [4.78, 5) is 27.3. The number of hydrogen-bond acceptors (Lipinski definition) is 4. The largest absolute Gasteiger partial charge is 0.468 e. The Bertz CT molecular complexity index is 608. The van der Waals surface area contributed by atoms with Gasteiger partial charge in [-0.1, -0.05) is 0 Å². The van der Waals surface area contributed by atoms with Gasteiger partial charge in [-0.15, -0.1) is 0 Å². The Morgan fingerprint density at radius 1 is 1.27 bits per heavy atom. The van der Waals surface area contributed by atoms with Gasteiger partial charge < -0.3 is 14.1 Å². The van der Waals surface area contributed by atoms with Crippen molar-refractivity contribution in [1.29, 1.82) is 0 Å². The molecule has 0 aliphatic heterocycles. The van der Waals surface area contributed by atoms with Crippen LogP contribution >= 0.6 is 0 Å². The molecule has 0 saturated heterocycles. The molecule has 1 amide bonds. The average Bonchev–Trinajstić information content (AvgIpc) is 3.41. The van der Waals surface area contributed by atoms with Crippen LogP contribution in [-0.4, -0.2) is 35.5 Å². The van der Waals surface area contributed by atoms with E-state index < -0.39 is 5.54 Å². The van der Waals surface area contributed by atoms with E-state index in [4.69, 9.17) is 9.15 Å². The predicted octanol–water partition coefficient (Wildman–Crippen LogP) is 2.86. The van der Waals surface area contributed by atoms with Crippen LogP contribution in [0.15, 0.2) is 16.7 Å². The molecule has 0 atom stereocenters. The highest BCUT2D eigenvalue weighted by atomic mass is 16.5. The number of furan rings is 1. The number of ether oxygens (including phenoxy) is 1. The molecule has 0 unspecified atom stereocenters. The molecule has 0 aromatic carbocycles. The minimum atomic E-state index is -0.745. The highest BCUT2D eigenvalue weighted by Gasteiger charge is 2.56. The van der Waals surface area contributed by atoms with E-state index in [2.05, 4.69) is 0 Å². The van der Waals surface area contributed by atoms with Gasteiger partial charge in [0, 0.05) is 12.0 Å². The fourth-order valence-corrected chi connectivity index (χ4v) is 3.58. The summed E-state index contributed by atoms with van der Waals surface area (Å²) in [5.41, 5.74) is -0.102. The fraction of sp³-hybridized carbons (Fsp3) is 0.647. The molecule has 1 heterocycles. The van der Waals surface area contributed by atoms with E-state index in [1.807, 2.05) is 4.90 Å². The van der Waals surface area contributed by atoms with E-state index in [1.54, 1.807) is 12.3 Å². The minimum Gasteiger partial charge on any atom is -0.468 e. The standard InChI is InChI=1S/C17H21NO4/c1-21-16(20)17(8-2-9-17)18(12-5-6-12)15(19)13-7-10-22-14(13)11-3-4-11/h7,10-12H,2-6,8-9H2,1H3. The normalized spacial score (nSPS) is 22.8. The lowest BCUT2D eigenvalue weighted by molar-refractivity contribution is -0.160. The van der Waals surface area contributed by atoms with Crippen molar-refractivity contribution >= 4 is 11.9 Å². The maximum Gasteiger partial charge on any atom is 0.331 e. The van der Waals surface area contributed by atoms with Crippen LogP contribution in [0.4, 0.5) is 0 Å². The molecule has 0 spiro atoms. The zero-order chi connectivity index (χ0) is 15.3. The second kappa shape index (κ2) is 4.86. The molecule has 3 aliphatic rings. The molecule has 0 radical (unpaired) electrons. The Morgan fingerprint density at radius 2 is 2.00 bits per heavy atom. The van der Waals surface area contributed by atoms with Crippen molar-refractivity contribution in [1.82, 2.24) is 4.90 Å². The zero-order valence-electron chi connectivity index (χ0n) is 12.8. The van der Waals surface area contributed by atoms with Crippen molar-refractivity contribution < 1.29 is 18.7 Å². The Balaban J connectivity index is 1.68. The summed E-state index contributed by atoms with van der Waals surface area (Å²) in [7, 11) is 1.41. The first-order valence-electron chi connectivity index (χ1n) is 8.17. The van der Waals surface area contributed by atoms with Crippen molar-refractivity contribution in [3.8, 4) is 0 Å². The minimum absolute atomic E-state index is 0.0525. The summed E-state index contributed by atoms with van der Waals surface area (Å²) < 4.78 is 10.6. The molecular weight excluding hydrogens is 282 g/mol. The lowest BCUT2D eigenvalue weighted by atomic mass is 9.74. The lowest BCUT2D eigenvalue weighted by Gasteiger charge is -2.47. The Kier molecular flexibility index (Phi) is 3.06. The highest BCUT2D eigenvalue weighted by molar-refractivity contribution is 6.00. The van der Waals surface area contributed by atoms with Gasteiger partial charge in [0.05, 0.1) is 18.9 Å². The van der Waals surface area contributed by atoms with Gasteiger partial charge in [-0.05, 0) is 51.0 Å². The van der Waals surface area contributed by atoms with E-state index in [9.17, 15) is 9.59 Å². The van der Waals surface area contributed by atoms with Crippen LogP contribution in [-0.2, 0) is 9.53 Å². The molecule has 4 rings (SSSR count). The van der Waals surface area contributed by atoms with Gasteiger partial charge in [-0.3, -0.25) is 4.79 Å². The van der Waals surface area contributed by atoms with Crippen LogP contribution in [0, 0.1) is 0 Å². The molecule has 3 fully saturated rings. The lowest BCUT2D eigenvalue weighted by Crippen LogP contribution is -2.62. The van der Waals surface area contributed by atoms with Gasteiger partial charge in [0.25, 0.3) is 5.91 Å². The van der Waals surface area contributed by atoms with Gasteiger partial charge in [0.15, 0.2) is 0 Å². The molecule has 0 bridgehead atoms. The van der Waals surface area contributed by atoms with Crippen molar-refractivity contribution in [2.75, 3.05) is 7.11 Å². The third kappa shape index (κ3) is 1.98. The number of carbonyl (C=O) groups is 2. The zero-order valence-corrected chi connectivity index (χ0v) is 12.8. The molecule has 22 heavy (non-hydrogen) atoms. The number of rotatable bonds is 5. The third-order valence-electron chi connectivity index (χ3n) is 5.21. The maximum atomic E-state index is 13.2. The van der Waals surface area contributed by atoms with E-state index in [-0.39, 0.29) is 17.9 Å². The molecule has 1 aromatic heterocycles. The molecule has 3 aliphatic carbocycles. The van der Waals surface area contributed by atoms with Crippen LogP contribution in [0.1, 0.15) is 67.0 Å². The quantitative estimate of drug-likeness (QED) is 0.785. The second-order valence-electron chi connectivity index (χ2n) is 6.76. The molecule has 3 saturated carbocycles. The smallest absolute Gasteiger partial charge is 0.331 e. The van der Waals surface area contributed by atoms with Gasteiger partial charge >= 0.3 is 5.97 Å². The summed E-state index contributed by atoms with van der Waals surface area (Å²) in [6, 6.07) is 1.93. The molecular formula is C17H21NO4. The van der Waals surface area contributed by atoms with E-state index in [0.29, 0.717) is 24.3 Å². The van der Waals surface area contributed by atoms with Crippen LogP contribution in [0.5, 0.6) is 0 Å². The summed E-state index contributed by atoms with van der Waals surface area (Å²) >= 11 is 0. The predicted molar refractivity (Wildman–Crippen MR) is 78.5 cm³/mol. The number of amides is 1. The molecule has 5 nitrogen and oxygen atoms in total. The monoisotopic (exact) mass is 303 g/mol. The van der Waals surface area contributed by atoms with E-state index >= 15 is 0 Å². The van der Waals surface area contributed by atoms with E-state index in [1.165, 1.54) is 7.11 Å². The van der Waals surface area contributed by atoms with Crippen molar-refractivity contribution in [3.05, 3.63) is 23.7 Å². The number of esters is 1. The van der Waals surface area contributed by atoms with Crippen molar-refractivity contribution in [2.45, 2.75) is 62.4 Å². The first kappa shape index (κ1) is 13.9. The SMILES string of the molecule is COC(=O)C1(N(C(=O)c2ccoc2C2CC2)C2CC2)CCC1. The van der Waals surface area contributed by atoms with Gasteiger partial charge in [-0.25, -0.2) is 4.79 Å². The van der Waals surface area contributed by atoms with Crippen molar-refractivity contribution in [3.63, 3.8) is 0 Å². The summed E-state index contributed by atoms with van der Waals surface area (Å²) in [6.07, 6.45) is 8.09. The summed E-state index contributed by atoms with van der Waals surface area (Å²) in [6.45, 7) is 0. The fourth-order valence-electron chi connectivity index (χ4n) is 3.58. The van der Waals surface area contributed by atoms with E-state index in [0.717, 1.165) is 37.9 Å². The number of nitrogens with zero attached hydrogens (tertiary/aromatic N) is 1. The average molecular weight is 303 g/mol. The summed E-state index contributed by atoms with van der Waals surface area (Å²) in [5, 5.41) is 0. The topological polar surface area (TPSA) is 59.8 Å². The van der Waals surface area contributed by atoms with Crippen LogP contribution in [0.2, 0.25) is 0 Å². The first-order valence-corrected chi connectivity index (χ1v) is 8.17. The van der Waals surface area contributed by atoms with Crippen LogP contribution in [0.3, 0.4) is 0 Å².